The molecule has 0 amide bonds. The number of halogens is 3. The fourth-order valence-corrected chi connectivity index (χ4v) is 1.94. The first-order valence-corrected chi connectivity index (χ1v) is 6.21. The third kappa shape index (κ3) is 3.17. The number of ether oxygens (including phenoxy) is 1. The van der Waals surface area contributed by atoms with Crippen molar-refractivity contribution in [1.82, 2.24) is 0 Å². The molecule has 0 saturated carbocycles. The number of hydrogen-bond donors (Lipinski definition) is 0. The van der Waals surface area contributed by atoms with Crippen LogP contribution in [0.25, 0.3) is 0 Å². The van der Waals surface area contributed by atoms with Crippen LogP contribution in [0.3, 0.4) is 0 Å². The largest absolute Gasteiger partial charge is 0.488 e. The van der Waals surface area contributed by atoms with Crippen molar-refractivity contribution in [3.8, 4) is 5.75 Å². The highest BCUT2D eigenvalue weighted by atomic mass is 79.9. The summed E-state index contributed by atoms with van der Waals surface area (Å²) in [5.41, 5.74) is 0.147. The van der Waals surface area contributed by atoms with Crippen LogP contribution in [0.2, 0.25) is 0 Å². The van der Waals surface area contributed by atoms with E-state index in [0.717, 1.165) is 16.6 Å². The van der Waals surface area contributed by atoms with Crippen molar-refractivity contribution < 1.29 is 18.3 Å². The first kappa shape index (κ1) is 13.7. The normalized spacial score (nSPS) is 10.3. The van der Waals surface area contributed by atoms with Gasteiger partial charge in [-0.2, -0.15) is 0 Å². The molecule has 0 aromatic heterocycles. The van der Waals surface area contributed by atoms with Crippen LogP contribution in [0.4, 0.5) is 8.78 Å². The smallest absolute Gasteiger partial charge is 0.153 e. The summed E-state index contributed by atoms with van der Waals surface area (Å²) in [5.74, 6) is -1.07. The Balaban J connectivity index is 2.21. The number of carbonyl (C=O) groups excluding carboxylic acids is 1. The Morgan fingerprint density at radius 3 is 2.47 bits per heavy atom. The summed E-state index contributed by atoms with van der Waals surface area (Å²) < 4.78 is 32.8. The molecule has 2 rings (SSSR count). The van der Waals surface area contributed by atoms with Crippen molar-refractivity contribution in [3.63, 3.8) is 0 Å². The van der Waals surface area contributed by atoms with E-state index in [2.05, 4.69) is 15.9 Å². The van der Waals surface area contributed by atoms with E-state index in [9.17, 15) is 13.6 Å². The average molecular weight is 327 g/mol. The van der Waals surface area contributed by atoms with Crippen LogP contribution in [-0.2, 0) is 6.61 Å². The summed E-state index contributed by atoms with van der Waals surface area (Å²) in [5, 5.41) is 0. The van der Waals surface area contributed by atoms with E-state index in [1.165, 1.54) is 6.07 Å². The Bertz CT molecular complexity index is 594. The Morgan fingerprint density at radius 1 is 1.16 bits per heavy atom. The van der Waals surface area contributed by atoms with Gasteiger partial charge in [-0.1, -0.05) is 22.0 Å². The lowest BCUT2D eigenvalue weighted by atomic mass is 10.2. The second-order valence-electron chi connectivity index (χ2n) is 3.79. The van der Waals surface area contributed by atoms with Crippen LogP contribution < -0.4 is 4.74 Å². The summed E-state index contributed by atoms with van der Waals surface area (Å²) >= 11 is 3.22. The summed E-state index contributed by atoms with van der Waals surface area (Å²) in [6, 6.07) is 8.41. The standard InChI is InChI=1S/C14H9BrF2O2/c15-10-4-5-14(9(6-10)7-18)19-8-11-12(16)2-1-3-13(11)17/h1-7H,8H2. The minimum absolute atomic E-state index is 0.165. The Hall–Kier alpha value is -1.75. The third-order valence-electron chi connectivity index (χ3n) is 2.53. The highest BCUT2D eigenvalue weighted by Crippen LogP contribution is 2.23. The number of carbonyl (C=O) groups is 1. The summed E-state index contributed by atoms with van der Waals surface area (Å²) in [6.07, 6.45) is 0.623. The molecule has 0 N–H and O–H groups in total. The molecule has 0 heterocycles. The lowest BCUT2D eigenvalue weighted by Gasteiger charge is -2.10. The zero-order valence-corrected chi connectivity index (χ0v) is 11.3. The van der Waals surface area contributed by atoms with E-state index >= 15 is 0 Å². The van der Waals surface area contributed by atoms with Crippen molar-refractivity contribution in [2.45, 2.75) is 6.61 Å². The quantitative estimate of drug-likeness (QED) is 0.790. The third-order valence-corrected chi connectivity index (χ3v) is 3.03. The summed E-state index contributed by atoms with van der Waals surface area (Å²) in [4.78, 5) is 10.9. The number of hydrogen-bond acceptors (Lipinski definition) is 2. The Kier molecular flexibility index (Phi) is 4.27. The van der Waals surface area contributed by atoms with Crippen molar-refractivity contribution in [2.75, 3.05) is 0 Å². The van der Waals surface area contributed by atoms with Gasteiger partial charge in [0.2, 0.25) is 0 Å². The molecule has 5 heteroatoms. The van der Waals surface area contributed by atoms with Crippen LogP contribution >= 0.6 is 15.9 Å². The lowest BCUT2D eigenvalue weighted by Crippen LogP contribution is -2.03. The molecule has 2 nitrogen and oxygen atoms in total. The van der Waals surface area contributed by atoms with Gasteiger partial charge in [0.1, 0.15) is 24.0 Å². The molecule has 0 saturated heterocycles. The summed E-state index contributed by atoms with van der Waals surface area (Å²) in [7, 11) is 0. The van der Waals surface area contributed by atoms with E-state index in [1.54, 1.807) is 18.2 Å². The number of benzene rings is 2. The van der Waals surface area contributed by atoms with Gasteiger partial charge in [-0.25, -0.2) is 8.78 Å². The molecule has 0 aliphatic heterocycles. The predicted molar refractivity (Wildman–Crippen MR) is 70.2 cm³/mol. The van der Waals surface area contributed by atoms with Crippen LogP contribution in [0, 0.1) is 11.6 Å². The zero-order valence-electron chi connectivity index (χ0n) is 9.70. The monoisotopic (exact) mass is 326 g/mol. The molecule has 0 radical (unpaired) electrons. The van der Waals surface area contributed by atoms with Crippen LogP contribution in [-0.4, -0.2) is 6.29 Å². The van der Waals surface area contributed by atoms with Gasteiger partial charge < -0.3 is 4.74 Å². The minimum atomic E-state index is -0.676. The molecule has 19 heavy (non-hydrogen) atoms. The van der Waals surface area contributed by atoms with E-state index in [0.29, 0.717) is 11.8 Å². The molecular formula is C14H9BrF2O2. The van der Waals surface area contributed by atoms with Crippen LogP contribution in [0.1, 0.15) is 15.9 Å². The molecule has 98 valence electrons. The van der Waals surface area contributed by atoms with Gasteiger partial charge >= 0.3 is 0 Å². The molecular weight excluding hydrogens is 318 g/mol. The molecule has 0 aliphatic rings. The fraction of sp³-hybridized carbons (Fsp3) is 0.0714. The number of aldehydes is 1. The van der Waals surface area contributed by atoms with Gasteiger partial charge in [-0.15, -0.1) is 0 Å². The molecule has 0 spiro atoms. The van der Waals surface area contributed by atoms with Crippen molar-refractivity contribution in [2.24, 2.45) is 0 Å². The molecule has 2 aromatic rings. The van der Waals surface area contributed by atoms with Crippen molar-refractivity contribution in [1.29, 1.82) is 0 Å². The zero-order chi connectivity index (χ0) is 13.8. The van der Waals surface area contributed by atoms with Crippen LogP contribution in [0.5, 0.6) is 5.75 Å². The molecule has 0 unspecified atom stereocenters. The van der Waals surface area contributed by atoms with Gasteiger partial charge in [-0.05, 0) is 30.3 Å². The van der Waals surface area contributed by atoms with Gasteiger partial charge in [0.15, 0.2) is 6.29 Å². The minimum Gasteiger partial charge on any atom is -0.488 e. The molecule has 2 aromatic carbocycles. The maximum absolute atomic E-state index is 13.4. The van der Waals surface area contributed by atoms with E-state index in [4.69, 9.17) is 4.74 Å². The van der Waals surface area contributed by atoms with E-state index in [-0.39, 0.29) is 17.9 Å². The molecule has 0 fully saturated rings. The first-order valence-electron chi connectivity index (χ1n) is 5.42. The van der Waals surface area contributed by atoms with E-state index in [1.807, 2.05) is 0 Å². The van der Waals surface area contributed by atoms with Crippen molar-refractivity contribution >= 4 is 22.2 Å². The maximum Gasteiger partial charge on any atom is 0.153 e. The SMILES string of the molecule is O=Cc1cc(Br)ccc1OCc1c(F)cccc1F. The lowest BCUT2D eigenvalue weighted by molar-refractivity contribution is 0.111. The molecule has 0 atom stereocenters. The molecule has 0 aliphatic carbocycles. The Labute approximate surface area is 117 Å². The van der Waals surface area contributed by atoms with Gasteiger partial charge in [-0.3, -0.25) is 4.79 Å². The Morgan fingerprint density at radius 2 is 1.84 bits per heavy atom. The van der Waals surface area contributed by atoms with Crippen LogP contribution in [0.15, 0.2) is 40.9 Å². The average Bonchev–Trinajstić information content (AvgIpc) is 2.39. The van der Waals surface area contributed by atoms with Gasteiger partial charge in [0.25, 0.3) is 0 Å². The van der Waals surface area contributed by atoms with Gasteiger partial charge in [0, 0.05) is 4.47 Å². The predicted octanol–water partition coefficient (Wildman–Crippen LogP) is 4.12. The van der Waals surface area contributed by atoms with Crippen molar-refractivity contribution in [3.05, 3.63) is 63.6 Å². The molecule has 0 bridgehead atoms. The van der Waals surface area contributed by atoms with Gasteiger partial charge in [0.05, 0.1) is 11.1 Å². The second-order valence-corrected chi connectivity index (χ2v) is 4.70. The number of rotatable bonds is 4. The second kappa shape index (κ2) is 5.93. The topological polar surface area (TPSA) is 26.3 Å². The highest BCUT2D eigenvalue weighted by Gasteiger charge is 2.10. The highest BCUT2D eigenvalue weighted by molar-refractivity contribution is 9.10. The first-order chi connectivity index (χ1) is 9.11. The summed E-state index contributed by atoms with van der Waals surface area (Å²) in [6.45, 7) is -0.277. The fourth-order valence-electron chi connectivity index (χ4n) is 1.56. The van der Waals surface area contributed by atoms with E-state index < -0.39 is 11.6 Å². The maximum atomic E-state index is 13.4.